The van der Waals surface area contributed by atoms with E-state index in [1.165, 1.54) is 19.4 Å². The molecule has 2 aliphatic rings. The molecule has 0 saturated carbocycles. The Balaban J connectivity index is 1.23. The number of amides is 1. The van der Waals surface area contributed by atoms with Crippen LogP contribution in [0.3, 0.4) is 0 Å². The van der Waals surface area contributed by atoms with Crippen molar-refractivity contribution in [2.75, 3.05) is 50.1 Å². The highest BCUT2D eigenvalue weighted by Crippen LogP contribution is 2.35. The summed E-state index contributed by atoms with van der Waals surface area (Å²) < 4.78 is 5.21. The molecule has 0 aliphatic carbocycles. The maximum Gasteiger partial charge on any atom is 0.274 e. The number of para-hydroxylation sites is 1. The maximum absolute atomic E-state index is 13.6. The van der Waals surface area contributed by atoms with Gasteiger partial charge in [0, 0.05) is 56.2 Å². The van der Waals surface area contributed by atoms with Crippen LogP contribution in [0.1, 0.15) is 35.4 Å². The number of benzene rings is 2. The van der Waals surface area contributed by atoms with Crippen LogP contribution in [0.5, 0.6) is 0 Å². The molecule has 2 aromatic carbocycles. The Bertz CT molecular complexity index is 1460. The van der Waals surface area contributed by atoms with Crippen LogP contribution in [0.2, 0.25) is 0 Å². The van der Waals surface area contributed by atoms with Crippen LogP contribution in [0.15, 0.2) is 60.7 Å². The zero-order valence-electron chi connectivity index (χ0n) is 22.6. The fraction of sp³-hybridized carbons (Fsp3) is 0.367. The lowest BCUT2D eigenvalue weighted by Crippen LogP contribution is -2.50. The zero-order valence-corrected chi connectivity index (χ0v) is 23.4. The van der Waals surface area contributed by atoms with Gasteiger partial charge in [-0.2, -0.15) is 0 Å². The van der Waals surface area contributed by atoms with Crippen LogP contribution in [-0.4, -0.2) is 76.9 Å². The van der Waals surface area contributed by atoms with Crippen LogP contribution in [0, 0.1) is 0 Å². The number of aromatic nitrogens is 4. The smallest absolute Gasteiger partial charge is 0.274 e. The molecule has 1 amide bonds. The Morgan fingerprint density at radius 3 is 2.77 bits per heavy atom. The van der Waals surface area contributed by atoms with Crippen molar-refractivity contribution in [1.82, 2.24) is 25.1 Å². The number of hydrogen-bond acceptors (Lipinski definition) is 9. The third kappa shape index (κ3) is 5.89. The molecule has 2 aliphatic heterocycles. The largest absolute Gasteiger partial charge is 0.385 e. The summed E-state index contributed by atoms with van der Waals surface area (Å²) in [6.07, 6.45) is 4.03. The highest BCUT2D eigenvalue weighted by atomic mass is 32.1. The van der Waals surface area contributed by atoms with E-state index < -0.39 is 0 Å². The van der Waals surface area contributed by atoms with Gasteiger partial charge in [0.05, 0.1) is 5.69 Å². The molecule has 9 nitrogen and oxygen atoms in total. The van der Waals surface area contributed by atoms with Crippen LogP contribution in [0.4, 0.5) is 10.8 Å². The van der Waals surface area contributed by atoms with E-state index in [1.54, 1.807) is 24.5 Å². The third-order valence-corrected chi connectivity index (χ3v) is 8.52. The lowest BCUT2D eigenvalue weighted by molar-refractivity contribution is 0.102. The van der Waals surface area contributed by atoms with E-state index >= 15 is 0 Å². The molecule has 6 rings (SSSR count). The normalized spacial score (nSPS) is 17.1. The van der Waals surface area contributed by atoms with Gasteiger partial charge in [0.25, 0.3) is 5.91 Å². The highest BCUT2D eigenvalue weighted by Gasteiger charge is 2.32. The molecule has 0 radical (unpaired) electrons. The number of carbonyl (C=O) groups is 1. The number of nitrogens with one attached hydrogen (secondary N) is 1. The van der Waals surface area contributed by atoms with E-state index in [4.69, 9.17) is 9.72 Å². The number of methoxy groups -OCH3 is 1. The maximum atomic E-state index is 13.6. The number of aryl methyl sites for hydroxylation is 1. The number of hydrogen-bond donors (Lipinski definition) is 1. The summed E-state index contributed by atoms with van der Waals surface area (Å²) in [5.41, 5.74) is 3.52. The number of nitrogens with zero attached hydrogens (tertiary/aromatic N) is 6. The summed E-state index contributed by atoms with van der Waals surface area (Å²) in [5.74, 6) is 0.243. The van der Waals surface area contributed by atoms with Crippen molar-refractivity contribution in [3.63, 3.8) is 0 Å². The standard InChI is InChI=1S/C30H33N7O2S/c1-39-18-8-11-22-19-26(32-27(31-22)21-9-3-2-4-10-21)28(38)33-25-14-6-5-13-24(25)29-34-35-30(40-29)37-17-16-36-15-7-12-23(36)20-37/h2-6,9-10,13-14,19,23H,7-8,11-12,15-18,20H2,1H3,(H,33,38)/t23-/m0/s1. The Labute approximate surface area is 238 Å². The number of fused-ring (bicyclic) bond motifs is 1. The Hall–Kier alpha value is -3.73. The lowest BCUT2D eigenvalue weighted by Gasteiger charge is -2.37. The molecule has 40 heavy (non-hydrogen) atoms. The number of anilines is 2. The van der Waals surface area contributed by atoms with Crippen molar-refractivity contribution < 1.29 is 9.53 Å². The molecule has 2 aromatic heterocycles. The first-order valence-corrected chi connectivity index (χ1v) is 14.6. The third-order valence-electron chi connectivity index (χ3n) is 7.50. The Morgan fingerprint density at radius 2 is 1.90 bits per heavy atom. The van der Waals surface area contributed by atoms with Crippen LogP contribution in [0.25, 0.3) is 22.0 Å². The van der Waals surface area contributed by atoms with Gasteiger partial charge in [0.2, 0.25) is 5.13 Å². The molecule has 0 unspecified atom stereocenters. The highest BCUT2D eigenvalue weighted by molar-refractivity contribution is 7.18. The monoisotopic (exact) mass is 555 g/mol. The first kappa shape index (κ1) is 26.5. The van der Waals surface area contributed by atoms with E-state index in [9.17, 15) is 4.79 Å². The fourth-order valence-corrected chi connectivity index (χ4v) is 6.36. The average molecular weight is 556 g/mol. The quantitative estimate of drug-likeness (QED) is 0.295. The Kier molecular flexibility index (Phi) is 8.08. The van der Waals surface area contributed by atoms with Crippen LogP contribution in [-0.2, 0) is 11.2 Å². The molecule has 1 N–H and O–H groups in total. The van der Waals surface area contributed by atoms with Crippen LogP contribution >= 0.6 is 11.3 Å². The summed E-state index contributed by atoms with van der Waals surface area (Å²) >= 11 is 1.57. The van der Waals surface area contributed by atoms with Gasteiger partial charge in [0.1, 0.15) is 5.69 Å². The predicted molar refractivity (Wildman–Crippen MR) is 158 cm³/mol. The van der Waals surface area contributed by atoms with E-state index in [0.29, 0.717) is 36.3 Å². The predicted octanol–water partition coefficient (Wildman–Crippen LogP) is 4.78. The number of carbonyl (C=O) groups excluding carboxylic acids is 1. The molecule has 0 spiro atoms. The van der Waals surface area contributed by atoms with Crippen molar-refractivity contribution >= 4 is 28.1 Å². The minimum Gasteiger partial charge on any atom is -0.385 e. The number of piperazine rings is 1. The van der Waals surface area contributed by atoms with E-state index in [2.05, 4.69) is 30.3 Å². The molecule has 0 bridgehead atoms. The molecule has 1 atom stereocenters. The number of rotatable bonds is 9. The van der Waals surface area contributed by atoms with Gasteiger partial charge >= 0.3 is 0 Å². The summed E-state index contributed by atoms with van der Waals surface area (Å²) in [6, 6.07) is 19.8. The Morgan fingerprint density at radius 1 is 1.05 bits per heavy atom. The summed E-state index contributed by atoms with van der Waals surface area (Å²) in [6.45, 7) is 4.87. The van der Waals surface area contributed by atoms with E-state index in [0.717, 1.165) is 53.0 Å². The van der Waals surface area contributed by atoms with Crippen molar-refractivity contribution in [3.8, 4) is 22.0 Å². The second-order valence-corrected chi connectivity index (χ2v) is 11.2. The second kappa shape index (κ2) is 12.2. The van der Waals surface area contributed by atoms with Crippen molar-refractivity contribution in [2.24, 2.45) is 0 Å². The lowest BCUT2D eigenvalue weighted by atomic mass is 10.1. The molecule has 4 aromatic rings. The molecule has 10 heteroatoms. The van der Waals surface area contributed by atoms with Gasteiger partial charge in [-0.1, -0.05) is 53.8 Å². The van der Waals surface area contributed by atoms with Gasteiger partial charge in [0.15, 0.2) is 10.8 Å². The molecule has 2 saturated heterocycles. The van der Waals surface area contributed by atoms with E-state index in [-0.39, 0.29) is 5.91 Å². The summed E-state index contributed by atoms with van der Waals surface area (Å²) in [5, 5.41) is 13.9. The first-order valence-electron chi connectivity index (χ1n) is 13.8. The summed E-state index contributed by atoms with van der Waals surface area (Å²) in [7, 11) is 1.68. The minimum atomic E-state index is -0.290. The molecular weight excluding hydrogens is 522 g/mol. The second-order valence-electron chi connectivity index (χ2n) is 10.2. The van der Waals surface area contributed by atoms with Gasteiger partial charge in [-0.25, -0.2) is 9.97 Å². The summed E-state index contributed by atoms with van der Waals surface area (Å²) in [4.78, 5) is 27.8. The van der Waals surface area contributed by atoms with Gasteiger partial charge in [-0.15, -0.1) is 10.2 Å². The first-order chi connectivity index (χ1) is 19.7. The SMILES string of the molecule is COCCCc1cc(C(=O)Nc2ccccc2-c2nnc(N3CCN4CCC[C@H]4C3)s2)nc(-c2ccccc2)n1. The zero-order chi connectivity index (χ0) is 27.3. The molecular formula is C30H33N7O2S. The van der Waals surface area contributed by atoms with Gasteiger partial charge < -0.3 is 15.0 Å². The van der Waals surface area contributed by atoms with Crippen molar-refractivity contribution in [3.05, 3.63) is 72.1 Å². The number of ether oxygens (including phenoxy) is 1. The molecule has 2 fully saturated rings. The van der Waals surface area contributed by atoms with E-state index in [1.807, 2.05) is 54.6 Å². The average Bonchev–Trinajstić information content (AvgIpc) is 3.68. The van der Waals surface area contributed by atoms with Crippen LogP contribution < -0.4 is 10.2 Å². The fourth-order valence-electron chi connectivity index (χ4n) is 5.44. The molecule has 4 heterocycles. The van der Waals surface area contributed by atoms with Gasteiger partial charge in [-0.05, 0) is 50.4 Å². The van der Waals surface area contributed by atoms with Crippen molar-refractivity contribution in [1.29, 1.82) is 0 Å². The molecule has 206 valence electrons. The van der Waals surface area contributed by atoms with Gasteiger partial charge in [-0.3, -0.25) is 9.69 Å². The minimum absolute atomic E-state index is 0.290. The topological polar surface area (TPSA) is 96.4 Å². The van der Waals surface area contributed by atoms with Crippen molar-refractivity contribution in [2.45, 2.75) is 31.7 Å².